The van der Waals surface area contributed by atoms with Gasteiger partial charge in [-0.2, -0.15) is 0 Å². The second-order valence-electron chi connectivity index (χ2n) is 3.27. The van der Waals surface area contributed by atoms with Crippen LogP contribution in [0.2, 0.25) is 0 Å². The second kappa shape index (κ2) is 3.41. The lowest BCUT2D eigenvalue weighted by Crippen LogP contribution is -2.19. The van der Waals surface area contributed by atoms with Crippen molar-refractivity contribution in [3.63, 3.8) is 0 Å². The van der Waals surface area contributed by atoms with E-state index in [0.29, 0.717) is 5.92 Å². The summed E-state index contributed by atoms with van der Waals surface area (Å²) in [5, 5.41) is 1.32. The van der Waals surface area contributed by atoms with Crippen LogP contribution in [0.1, 0.15) is 25.3 Å². The van der Waals surface area contributed by atoms with Crippen LogP contribution in [0.15, 0.2) is 18.2 Å². The van der Waals surface area contributed by atoms with E-state index >= 15 is 0 Å². The molecule has 0 fully saturated rings. The third kappa shape index (κ3) is 2.07. The summed E-state index contributed by atoms with van der Waals surface area (Å²) in [7, 11) is 4.90. The van der Waals surface area contributed by atoms with Crippen molar-refractivity contribution in [1.29, 1.82) is 0 Å². The fourth-order valence-corrected chi connectivity index (χ4v) is 1.31. The van der Waals surface area contributed by atoms with E-state index in [1.54, 1.807) is 0 Å². The maximum atomic E-state index is 2.77. The normalized spacial score (nSPS) is 10.5. The van der Waals surface area contributed by atoms with Crippen LogP contribution in [0.3, 0.4) is 0 Å². The van der Waals surface area contributed by atoms with Gasteiger partial charge < -0.3 is 0 Å². The number of benzene rings is 1. The number of hydrogen-bond donors (Lipinski definition) is 0. The highest BCUT2D eigenvalue weighted by Gasteiger charge is 1.99. The zero-order chi connectivity index (χ0) is 8.43. The largest absolute Gasteiger partial charge is 0.140 e. The summed E-state index contributed by atoms with van der Waals surface area (Å²) < 4.78 is 0. The van der Waals surface area contributed by atoms with Crippen LogP contribution in [-0.2, 0) is 0 Å². The Labute approximate surface area is 72.0 Å². The maximum absolute atomic E-state index is 2.77. The summed E-state index contributed by atoms with van der Waals surface area (Å²) in [6, 6.07) is 6.62. The third-order valence-electron chi connectivity index (χ3n) is 1.97. The molecule has 1 rings (SSSR count). The smallest absolute Gasteiger partial charge is 0.106 e. The van der Waals surface area contributed by atoms with Crippen LogP contribution in [0.5, 0.6) is 0 Å². The highest BCUT2D eigenvalue weighted by molar-refractivity contribution is 7.28. The Morgan fingerprint density at radius 3 is 2.45 bits per heavy atom. The van der Waals surface area contributed by atoms with Gasteiger partial charge in [0.2, 0.25) is 0 Å². The number of hydrogen-bond acceptors (Lipinski definition) is 0. The van der Waals surface area contributed by atoms with Gasteiger partial charge in [0, 0.05) is 0 Å². The minimum atomic E-state index is 0.634. The summed E-state index contributed by atoms with van der Waals surface area (Å²) in [6.45, 7) is 4.43. The zero-order valence-corrected chi connectivity index (χ0v) is 8.54. The summed E-state index contributed by atoms with van der Waals surface area (Å²) in [5.41, 5.74) is 2.76. The predicted octanol–water partition coefficient (Wildman–Crippen LogP) is 0.569. The molecule has 0 amide bonds. The molecule has 58 valence electrons. The Bertz CT molecular complexity index is 256. The molecule has 0 radical (unpaired) electrons. The van der Waals surface area contributed by atoms with Crippen molar-refractivity contribution in [1.82, 2.24) is 0 Å². The van der Waals surface area contributed by atoms with Crippen LogP contribution in [-0.4, -0.2) is 7.85 Å². The van der Waals surface area contributed by atoms with Gasteiger partial charge in [-0.1, -0.05) is 37.5 Å². The predicted molar refractivity (Wildman–Crippen MR) is 58.1 cm³/mol. The molecular formula is C9H14BP. The van der Waals surface area contributed by atoms with E-state index in [0.717, 1.165) is 0 Å². The van der Waals surface area contributed by atoms with E-state index in [4.69, 9.17) is 0 Å². The maximum Gasteiger partial charge on any atom is 0.140 e. The monoisotopic (exact) mass is 164 g/mol. The van der Waals surface area contributed by atoms with E-state index < -0.39 is 0 Å². The molecule has 1 aromatic rings. The van der Waals surface area contributed by atoms with E-state index in [9.17, 15) is 0 Å². The van der Waals surface area contributed by atoms with Gasteiger partial charge in [0.15, 0.2) is 0 Å². The molecule has 0 N–H and O–H groups in total. The molecular weight excluding hydrogens is 150 g/mol. The van der Waals surface area contributed by atoms with Gasteiger partial charge in [-0.15, -0.1) is 9.24 Å². The van der Waals surface area contributed by atoms with Crippen molar-refractivity contribution in [2.75, 3.05) is 0 Å². The minimum absolute atomic E-state index is 0.634. The van der Waals surface area contributed by atoms with Gasteiger partial charge in [0.25, 0.3) is 0 Å². The Morgan fingerprint density at radius 2 is 2.00 bits per heavy atom. The lowest BCUT2D eigenvalue weighted by molar-refractivity contribution is 0.868. The first-order valence-corrected chi connectivity index (χ1v) is 4.55. The lowest BCUT2D eigenvalue weighted by atomic mass is 9.92. The molecule has 0 bridgehead atoms. The molecule has 0 aliphatic heterocycles. The lowest BCUT2D eigenvalue weighted by Gasteiger charge is -2.07. The standard InChI is InChI=1S/C9H14BP/c1-6(2)7-3-4-8(10)9(11)5-7/h3-6H,10-11H2,1-2H3. The van der Waals surface area contributed by atoms with Crippen LogP contribution in [0.25, 0.3) is 0 Å². The first kappa shape index (κ1) is 8.81. The molecule has 0 nitrogen and oxygen atoms in total. The highest BCUT2D eigenvalue weighted by atomic mass is 31.0. The Morgan fingerprint density at radius 1 is 1.36 bits per heavy atom. The fraction of sp³-hybridized carbons (Fsp3) is 0.333. The van der Waals surface area contributed by atoms with Gasteiger partial charge in [-0.05, 0) is 16.8 Å². The van der Waals surface area contributed by atoms with E-state index in [1.165, 1.54) is 16.3 Å². The summed E-state index contributed by atoms with van der Waals surface area (Å²) in [5.74, 6) is 0.634. The van der Waals surface area contributed by atoms with Gasteiger partial charge in [0.1, 0.15) is 7.85 Å². The average Bonchev–Trinajstić information content (AvgIpc) is 1.94. The Balaban J connectivity index is 3.05. The Kier molecular flexibility index (Phi) is 2.73. The van der Waals surface area contributed by atoms with Crippen molar-refractivity contribution >= 4 is 27.9 Å². The number of rotatable bonds is 1. The van der Waals surface area contributed by atoms with Gasteiger partial charge in [-0.25, -0.2) is 0 Å². The van der Waals surface area contributed by atoms with Gasteiger partial charge in [0.05, 0.1) is 0 Å². The average molecular weight is 164 g/mol. The third-order valence-corrected chi connectivity index (χ3v) is 2.59. The molecule has 0 saturated carbocycles. The van der Waals surface area contributed by atoms with Gasteiger partial charge >= 0.3 is 0 Å². The molecule has 11 heavy (non-hydrogen) atoms. The minimum Gasteiger partial charge on any atom is -0.106 e. The van der Waals surface area contributed by atoms with Crippen LogP contribution in [0.4, 0.5) is 0 Å². The SMILES string of the molecule is Bc1ccc(C(C)C)cc1P. The van der Waals surface area contributed by atoms with Crippen LogP contribution < -0.4 is 10.8 Å². The van der Waals surface area contributed by atoms with Crippen molar-refractivity contribution in [2.24, 2.45) is 0 Å². The molecule has 0 heterocycles. The fourth-order valence-electron chi connectivity index (χ4n) is 1.02. The second-order valence-corrected chi connectivity index (χ2v) is 3.89. The molecule has 1 aromatic carbocycles. The molecule has 0 aromatic heterocycles. The molecule has 0 aliphatic carbocycles. The van der Waals surface area contributed by atoms with Crippen LogP contribution in [0, 0.1) is 0 Å². The quantitative estimate of drug-likeness (QED) is 0.420. The molecule has 0 spiro atoms. The first-order valence-electron chi connectivity index (χ1n) is 3.97. The molecule has 1 unspecified atom stereocenters. The van der Waals surface area contributed by atoms with Gasteiger partial charge in [-0.3, -0.25) is 0 Å². The summed E-state index contributed by atoms with van der Waals surface area (Å²) in [6.07, 6.45) is 0. The summed E-state index contributed by atoms with van der Waals surface area (Å²) >= 11 is 0. The molecule has 0 saturated heterocycles. The summed E-state index contributed by atoms with van der Waals surface area (Å²) in [4.78, 5) is 0. The van der Waals surface area contributed by atoms with Crippen molar-refractivity contribution in [2.45, 2.75) is 19.8 Å². The van der Waals surface area contributed by atoms with Crippen molar-refractivity contribution in [3.8, 4) is 0 Å². The topological polar surface area (TPSA) is 0 Å². The Hall–Kier alpha value is -0.285. The first-order chi connectivity index (χ1) is 5.11. The highest BCUT2D eigenvalue weighted by Crippen LogP contribution is 2.11. The molecule has 0 aliphatic rings. The van der Waals surface area contributed by atoms with E-state index in [1.807, 2.05) is 0 Å². The van der Waals surface area contributed by atoms with Crippen molar-refractivity contribution < 1.29 is 0 Å². The zero-order valence-electron chi connectivity index (χ0n) is 7.39. The van der Waals surface area contributed by atoms with E-state index in [2.05, 4.69) is 49.1 Å². The van der Waals surface area contributed by atoms with Crippen LogP contribution >= 0.6 is 9.24 Å². The van der Waals surface area contributed by atoms with Crippen molar-refractivity contribution in [3.05, 3.63) is 23.8 Å². The van der Waals surface area contributed by atoms with E-state index in [-0.39, 0.29) is 0 Å². The molecule has 2 heteroatoms. The molecule has 1 atom stereocenters.